The summed E-state index contributed by atoms with van der Waals surface area (Å²) in [5.74, 6) is 0. The summed E-state index contributed by atoms with van der Waals surface area (Å²) in [6.07, 6.45) is 22.3. The fraction of sp³-hybridized carbons (Fsp3) is 1.00. The number of unbranched alkanes of at least 4 members (excludes halogenated alkanes) is 15. The minimum Gasteiger partial charge on any atom is -0.346 e. The molecule has 6 nitrogen and oxygen atoms in total. The zero-order valence-electron chi connectivity index (χ0n) is 20.3. The van der Waals surface area contributed by atoms with E-state index < -0.39 is 21.0 Å². The Hall–Kier alpha value is 0.300. The Morgan fingerprint density at radius 2 is 1.06 bits per heavy atom. The van der Waals surface area contributed by atoms with E-state index in [1.54, 1.807) is 0 Å². The van der Waals surface area contributed by atoms with E-state index in [1.807, 2.05) is 7.05 Å². The van der Waals surface area contributed by atoms with Gasteiger partial charge in [-0.25, -0.2) is 0 Å². The summed E-state index contributed by atoms with van der Waals surface area (Å²) in [6, 6.07) is 0. The van der Waals surface area contributed by atoms with Crippen molar-refractivity contribution in [2.24, 2.45) is 0 Å². The molecule has 8 heteroatoms. The van der Waals surface area contributed by atoms with E-state index in [0.717, 1.165) is 13.0 Å². The Kier molecular flexibility index (Phi) is 21.1. The van der Waals surface area contributed by atoms with Crippen LogP contribution in [0, 0.1) is 0 Å². The predicted molar refractivity (Wildman–Crippen MR) is 133 cm³/mol. The van der Waals surface area contributed by atoms with Crippen LogP contribution in [0.4, 0.5) is 0 Å². The lowest BCUT2D eigenvalue weighted by Crippen LogP contribution is -2.21. The highest BCUT2D eigenvalue weighted by Crippen LogP contribution is 2.53. The lowest BCUT2D eigenvalue weighted by molar-refractivity contribution is 0.312. The molecular formula is C23H51NO5P2. The van der Waals surface area contributed by atoms with Crippen LogP contribution < -0.4 is 0 Å². The SMILES string of the molecule is CCCCCCCCCCCCCCCCCCN(C)CCCC([PH](=O)O)P(=O)(O)O. The van der Waals surface area contributed by atoms with Crippen molar-refractivity contribution in [1.29, 1.82) is 0 Å². The van der Waals surface area contributed by atoms with E-state index in [0.29, 0.717) is 13.0 Å². The van der Waals surface area contributed by atoms with Gasteiger partial charge in [-0.1, -0.05) is 103 Å². The van der Waals surface area contributed by atoms with Gasteiger partial charge >= 0.3 is 7.60 Å². The molecule has 0 aromatic carbocycles. The van der Waals surface area contributed by atoms with Gasteiger partial charge in [-0.05, 0) is 39.4 Å². The second-order valence-electron chi connectivity index (χ2n) is 9.19. The Morgan fingerprint density at radius 3 is 1.42 bits per heavy atom. The average Bonchev–Trinajstić information content (AvgIpc) is 2.69. The lowest BCUT2D eigenvalue weighted by atomic mass is 10.0. The quantitative estimate of drug-likeness (QED) is 0.108. The third-order valence-electron chi connectivity index (χ3n) is 6.10. The summed E-state index contributed by atoms with van der Waals surface area (Å²) in [4.78, 5) is 29.5. The molecule has 2 unspecified atom stereocenters. The minimum absolute atomic E-state index is 0.0991. The molecule has 0 saturated heterocycles. The number of nitrogens with zero attached hydrogens (tertiary/aromatic N) is 1. The highest BCUT2D eigenvalue weighted by molar-refractivity contribution is 7.65. The summed E-state index contributed by atoms with van der Waals surface area (Å²) in [6.45, 7) is 3.93. The smallest absolute Gasteiger partial charge is 0.337 e. The fourth-order valence-corrected chi connectivity index (χ4v) is 6.15. The van der Waals surface area contributed by atoms with Crippen LogP contribution >= 0.6 is 15.6 Å². The summed E-state index contributed by atoms with van der Waals surface area (Å²) >= 11 is 0. The molecule has 0 fully saturated rings. The maximum Gasteiger partial charge on any atom is 0.337 e. The van der Waals surface area contributed by atoms with Gasteiger partial charge in [0.25, 0.3) is 0 Å². The van der Waals surface area contributed by atoms with Gasteiger partial charge in [0.1, 0.15) is 5.40 Å². The summed E-state index contributed by atoms with van der Waals surface area (Å²) in [7, 11) is -5.69. The molecule has 31 heavy (non-hydrogen) atoms. The van der Waals surface area contributed by atoms with Gasteiger partial charge in [0.15, 0.2) is 0 Å². The first-order valence-electron chi connectivity index (χ1n) is 12.8. The zero-order chi connectivity index (χ0) is 23.4. The van der Waals surface area contributed by atoms with Crippen molar-refractivity contribution in [3.05, 3.63) is 0 Å². The van der Waals surface area contributed by atoms with Crippen molar-refractivity contribution in [1.82, 2.24) is 4.90 Å². The van der Waals surface area contributed by atoms with E-state index in [9.17, 15) is 9.13 Å². The molecule has 188 valence electrons. The van der Waals surface area contributed by atoms with E-state index in [2.05, 4.69) is 11.8 Å². The monoisotopic (exact) mass is 483 g/mol. The van der Waals surface area contributed by atoms with Crippen LogP contribution in [0.2, 0.25) is 0 Å². The average molecular weight is 484 g/mol. The van der Waals surface area contributed by atoms with E-state index in [1.165, 1.54) is 96.3 Å². The fourth-order valence-electron chi connectivity index (χ4n) is 4.03. The van der Waals surface area contributed by atoms with Crippen molar-refractivity contribution in [2.75, 3.05) is 20.1 Å². The van der Waals surface area contributed by atoms with Gasteiger partial charge in [-0.2, -0.15) is 0 Å². The second kappa shape index (κ2) is 20.9. The Balaban J connectivity index is 3.40. The molecule has 0 amide bonds. The molecule has 0 rings (SSSR count). The van der Waals surface area contributed by atoms with Gasteiger partial charge in [-0.15, -0.1) is 0 Å². The topological polar surface area (TPSA) is 98.1 Å². The van der Waals surface area contributed by atoms with E-state index in [4.69, 9.17) is 14.7 Å². The maximum absolute atomic E-state index is 11.2. The number of hydrogen-bond donors (Lipinski definition) is 3. The lowest BCUT2D eigenvalue weighted by Gasteiger charge is -2.19. The predicted octanol–water partition coefficient (Wildman–Crippen LogP) is 6.93. The maximum atomic E-state index is 11.2. The largest absolute Gasteiger partial charge is 0.346 e. The normalized spacial score (nSPS) is 14.3. The van der Waals surface area contributed by atoms with E-state index >= 15 is 0 Å². The van der Waals surface area contributed by atoms with Crippen LogP contribution in [0.5, 0.6) is 0 Å². The number of hydrogen-bond acceptors (Lipinski definition) is 3. The van der Waals surface area contributed by atoms with Crippen LogP contribution in [0.1, 0.15) is 122 Å². The molecule has 0 aliphatic carbocycles. The van der Waals surface area contributed by atoms with Crippen molar-refractivity contribution in [3.63, 3.8) is 0 Å². The van der Waals surface area contributed by atoms with Gasteiger partial charge in [-0.3, -0.25) is 9.13 Å². The Bertz CT molecular complexity index is 473. The molecule has 3 N–H and O–H groups in total. The van der Waals surface area contributed by atoms with Crippen molar-refractivity contribution in [3.8, 4) is 0 Å². The summed E-state index contributed by atoms with van der Waals surface area (Å²) in [5.41, 5.74) is 0. The second-order valence-corrected chi connectivity index (χ2v) is 12.9. The molecule has 0 aliphatic rings. The van der Waals surface area contributed by atoms with Gasteiger partial charge < -0.3 is 19.6 Å². The molecule has 0 aliphatic heterocycles. The third kappa shape index (κ3) is 20.6. The Labute approximate surface area is 192 Å². The Morgan fingerprint density at radius 1 is 0.710 bits per heavy atom. The molecule has 0 heterocycles. The highest BCUT2D eigenvalue weighted by Gasteiger charge is 2.32. The molecule has 0 bridgehead atoms. The van der Waals surface area contributed by atoms with Crippen LogP contribution in [0.3, 0.4) is 0 Å². The molecule has 0 aromatic heterocycles. The number of rotatable bonds is 23. The first-order valence-corrected chi connectivity index (χ1v) is 15.9. The first-order chi connectivity index (χ1) is 14.8. The van der Waals surface area contributed by atoms with Crippen LogP contribution in [0.25, 0.3) is 0 Å². The van der Waals surface area contributed by atoms with Gasteiger partial charge in [0.05, 0.1) is 0 Å². The molecular weight excluding hydrogens is 432 g/mol. The summed E-state index contributed by atoms with van der Waals surface area (Å²) < 4.78 is 22.4. The molecule has 0 spiro atoms. The van der Waals surface area contributed by atoms with Crippen LogP contribution in [-0.2, 0) is 9.13 Å². The van der Waals surface area contributed by atoms with Gasteiger partial charge in [0.2, 0.25) is 8.03 Å². The van der Waals surface area contributed by atoms with Gasteiger partial charge in [0, 0.05) is 0 Å². The van der Waals surface area contributed by atoms with Crippen LogP contribution in [0.15, 0.2) is 0 Å². The molecule has 0 radical (unpaired) electrons. The van der Waals surface area contributed by atoms with Crippen molar-refractivity contribution < 1.29 is 23.8 Å². The molecule has 0 saturated carbocycles. The zero-order valence-corrected chi connectivity index (χ0v) is 22.2. The minimum atomic E-state index is -4.48. The first kappa shape index (κ1) is 31.3. The summed E-state index contributed by atoms with van der Waals surface area (Å²) in [5, 5.41) is -1.39. The van der Waals surface area contributed by atoms with Crippen molar-refractivity contribution in [2.45, 2.75) is 128 Å². The third-order valence-corrected chi connectivity index (χ3v) is 9.70. The van der Waals surface area contributed by atoms with Crippen LogP contribution in [-0.4, -0.2) is 45.1 Å². The highest BCUT2D eigenvalue weighted by atomic mass is 31.2. The van der Waals surface area contributed by atoms with E-state index in [-0.39, 0.29) is 6.42 Å². The molecule has 2 atom stereocenters. The molecule has 0 aromatic rings. The standard InChI is InChI=1S/C23H51NO5P2/c1-3-4-5-6-7-8-9-10-11-12-13-14-15-16-17-18-21-24(2)22-19-20-23(30(25)26)31(27,28)29/h23,30H,3-22H2,1-2H3,(H,25,26)(H2,27,28,29). The van der Waals surface area contributed by atoms with Crippen molar-refractivity contribution >= 4 is 15.6 Å².